The Labute approximate surface area is 250 Å². The minimum absolute atomic E-state index is 0.0500. The highest BCUT2D eigenvalue weighted by molar-refractivity contribution is 7.79. The third-order valence-electron chi connectivity index (χ3n) is 6.91. The van der Waals surface area contributed by atoms with E-state index in [4.69, 9.17) is 16.3 Å². The molecule has 0 amide bonds. The second kappa shape index (κ2) is 14.8. The molecule has 0 spiro atoms. The van der Waals surface area contributed by atoms with Crippen LogP contribution in [0.4, 0.5) is 13.2 Å². The highest BCUT2D eigenvalue weighted by atomic mass is 35.5. The van der Waals surface area contributed by atoms with Gasteiger partial charge in [0, 0.05) is 25.6 Å². The number of nitrogens with zero attached hydrogens (tertiary/aromatic N) is 1. The van der Waals surface area contributed by atoms with Gasteiger partial charge in [0.15, 0.2) is 11.1 Å². The van der Waals surface area contributed by atoms with Crippen LogP contribution in [0.3, 0.4) is 0 Å². The van der Waals surface area contributed by atoms with E-state index in [0.29, 0.717) is 36.4 Å². The van der Waals surface area contributed by atoms with Gasteiger partial charge in [-0.15, -0.1) is 0 Å². The maximum Gasteiger partial charge on any atom is 0.417 e. The average molecular weight is 618 g/mol. The quantitative estimate of drug-likeness (QED) is 0.120. The van der Waals surface area contributed by atoms with Crippen molar-refractivity contribution in [1.82, 2.24) is 4.90 Å². The van der Waals surface area contributed by atoms with Gasteiger partial charge in [-0.2, -0.15) is 13.2 Å². The molecule has 0 fully saturated rings. The zero-order valence-corrected chi connectivity index (χ0v) is 24.2. The average Bonchev–Trinajstić information content (AvgIpc) is 2.99. The Morgan fingerprint density at radius 1 is 0.881 bits per heavy atom. The van der Waals surface area contributed by atoms with Crippen molar-refractivity contribution >= 4 is 22.7 Å². The maximum absolute atomic E-state index is 13.6. The molecule has 0 saturated heterocycles. The molecule has 0 aliphatic heterocycles. The van der Waals surface area contributed by atoms with E-state index in [1.807, 2.05) is 60.7 Å². The molecule has 0 bridgehead atoms. The van der Waals surface area contributed by atoms with Gasteiger partial charge in [0.1, 0.15) is 5.75 Å². The molecule has 0 heterocycles. The molecule has 0 aliphatic rings. The summed E-state index contributed by atoms with van der Waals surface area (Å²) >= 11 is 4.00. The standard InChI is InChI=1S/C32H31ClF3NO4S/c33-31-25(13-7-14-29(31)32(34,35)36)20-37(17-8-18-41-27-16-15-26(22-38)30(19-27)42(39)40)21-28(23-9-3-1-4-10-23)24-11-5-2-6-12-24/h1-7,9-16,19,28,38H,8,17-18,20-22H2,(H,39,40). The summed E-state index contributed by atoms with van der Waals surface area (Å²) in [4.78, 5) is 2.14. The van der Waals surface area contributed by atoms with E-state index in [-0.39, 0.29) is 35.6 Å². The number of alkyl halides is 3. The van der Waals surface area contributed by atoms with Crippen LogP contribution in [-0.2, 0) is 30.4 Å². The zero-order valence-electron chi connectivity index (χ0n) is 22.6. The Morgan fingerprint density at radius 3 is 2.10 bits per heavy atom. The Kier molecular flexibility index (Phi) is 11.2. The van der Waals surface area contributed by atoms with Crippen LogP contribution in [0.15, 0.2) is 102 Å². The molecule has 0 aromatic heterocycles. The second-order valence-corrected chi connectivity index (χ2v) is 11.1. The third kappa shape index (κ3) is 8.42. The monoisotopic (exact) mass is 617 g/mol. The van der Waals surface area contributed by atoms with Crippen molar-refractivity contribution < 1.29 is 31.8 Å². The first-order valence-electron chi connectivity index (χ1n) is 13.3. The van der Waals surface area contributed by atoms with E-state index in [1.54, 1.807) is 12.1 Å². The molecular weight excluding hydrogens is 587 g/mol. The summed E-state index contributed by atoms with van der Waals surface area (Å²) < 4.78 is 67.8. The molecule has 4 aromatic carbocycles. The van der Waals surface area contributed by atoms with Crippen molar-refractivity contribution in [3.05, 3.63) is 130 Å². The first-order valence-corrected chi connectivity index (χ1v) is 14.8. The Balaban J connectivity index is 1.56. The van der Waals surface area contributed by atoms with Crippen LogP contribution in [0.2, 0.25) is 5.02 Å². The summed E-state index contributed by atoms with van der Waals surface area (Å²) in [6.07, 6.45) is -4.04. The minimum atomic E-state index is -4.56. The largest absolute Gasteiger partial charge is 0.494 e. The number of halogens is 4. The van der Waals surface area contributed by atoms with Gasteiger partial charge in [0.2, 0.25) is 0 Å². The lowest BCUT2D eigenvalue weighted by molar-refractivity contribution is -0.137. The predicted molar refractivity (Wildman–Crippen MR) is 158 cm³/mol. The molecule has 10 heteroatoms. The van der Waals surface area contributed by atoms with Crippen molar-refractivity contribution in [1.29, 1.82) is 0 Å². The SMILES string of the molecule is O=S(O)c1cc(OCCCN(Cc2cccc(C(F)(F)F)c2Cl)CC(c2ccccc2)c2ccccc2)ccc1CO. The Morgan fingerprint density at radius 2 is 1.52 bits per heavy atom. The van der Waals surface area contributed by atoms with Gasteiger partial charge in [-0.3, -0.25) is 4.90 Å². The van der Waals surface area contributed by atoms with Crippen LogP contribution < -0.4 is 4.74 Å². The van der Waals surface area contributed by atoms with Crippen molar-refractivity contribution in [3.8, 4) is 5.75 Å². The Hall–Kier alpha value is -3.21. The van der Waals surface area contributed by atoms with Gasteiger partial charge in [-0.25, -0.2) is 4.21 Å². The topological polar surface area (TPSA) is 70.0 Å². The highest BCUT2D eigenvalue weighted by Gasteiger charge is 2.34. The number of aliphatic hydroxyl groups excluding tert-OH is 1. The van der Waals surface area contributed by atoms with E-state index in [0.717, 1.165) is 17.2 Å². The van der Waals surface area contributed by atoms with Gasteiger partial charge in [0.25, 0.3) is 0 Å². The van der Waals surface area contributed by atoms with E-state index in [2.05, 4.69) is 4.90 Å². The lowest BCUT2D eigenvalue weighted by atomic mass is 9.90. The molecule has 42 heavy (non-hydrogen) atoms. The van der Waals surface area contributed by atoms with Crippen LogP contribution in [-0.4, -0.2) is 38.5 Å². The molecule has 2 N–H and O–H groups in total. The third-order valence-corrected chi connectivity index (χ3v) is 8.11. The second-order valence-electron chi connectivity index (χ2n) is 9.76. The van der Waals surface area contributed by atoms with Crippen LogP contribution in [0.25, 0.3) is 0 Å². The first-order chi connectivity index (χ1) is 20.2. The molecular formula is C32H31ClF3NO4S. The molecule has 5 nitrogen and oxygen atoms in total. The fourth-order valence-electron chi connectivity index (χ4n) is 4.82. The van der Waals surface area contributed by atoms with Gasteiger partial charge >= 0.3 is 6.18 Å². The molecule has 0 saturated carbocycles. The lowest BCUT2D eigenvalue weighted by Gasteiger charge is -2.29. The summed E-state index contributed by atoms with van der Waals surface area (Å²) in [6, 6.07) is 28.4. The van der Waals surface area contributed by atoms with Gasteiger partial charge in [-0.1, -0.05) is 90.5 Å². The van der Waals surface area contributed by atoms with E-state index in [1.165, 1.54) is 18.2 Å². The summed E-state index contributed by atoms with van der Waals surface area (Å²) in [5, 5.41) is 9.10. The van der Waals surface area contributed by atoms with Crippen LogP contribution >= 0.6 is 11.6 Å². The van der Waals surface area contributed by atoms with Crippen LogP contribution in [0.5, 0.6) is 5.75 Å². The molecule has 1 atom stereocenters. The summed E-state index contributed by atoms with van der Waals surface area (Å²) in [6.45, 7) is 1.07. The van der Waals surface area contributed by atoms with Crippen molar-refractivity contribution in [2.75, 3.05) is 19.7 Å². The molecule has 4 rings (SSSR count). The van der Waals surface area contributed by atoms with Crippen molar-refractivity contribution in [2.24, 2.45) is 0 Å². The van der Waals surface area contributed by atoms with Crippen LogP contribution in [0, 0.1) is 0 Å². The summed E-state index contributed by atoms with van der Waals surface area (Å²) in [7, 11) is 0. The number of ether oxygens (including phenoxy) is 1. The zero-order chi connectivity index (χ0) is 30.1. The number of aliphatic hydroxyl groups is 1. The van der Waals surface area contributed by atoms with Gasteiger partial charge in [0.05, 0.1) is 28.7 Å². The smallest absolute Gasteiger partial charge is 0.417 e. The fraction of sp³-hybridized carbons (Fsp3) is 0.250. The first kappa shape index (κ1) is 31.7. The fourth-order valence-corrected chi connectivity index (χ4v) is 5.69. The van der Waals surface area contributed by atoms with E-state index in [9.17, 15) is 27.0 Å². The molecule has 0 radical (unpaired) electrons. The molecule has 222 valence electrons. The van der Waals surface area contributed by atoms with E-state index < -0.39 is 22.8 Å². The molecule has 4 aromatic rings. The number of benzene rings is 4. The van der Waals surface area contributed by atoms with Gasteiger partial charge in [-0.05, 0) is 46.9 Å². The highest BCUT2D eigenvalue weighted by Crippen LogP contribution is 2.37. The Bertz CT molecular complexity index is 1430. The minimum Gasteiger partial charge on any atom is -0.494 e. The van der Waals surface area contributed by atoms with E-state index >= 15 is 0 Å². The number of hydrogen-bond donors (Lipinski definition) is 2. The normalized spacial score (nSPS) is 12.6. The molecule has 0 aliphatic carbocycles. The van der Waals surface area contributed by atoms with Crippen molar-refractivity contribution in [2.45, 2.75) is 36.6 Å². The summed E-state index contributed by atoms with van der Waals surface area (Å²) in [5.74, 6) is 0.328. The van der Waals surface area contributed by atoms with Crippen molar-refractivity contribution in [3.63, 3.8) is 0 Å². The van der Waals surface area contributed by atoms with Crippen LogP contribution in [0.1, 0.15) is 40.2 Å². The predicted octanol–water partition coefficient (Wildman–Crippen LogP) is 7.53. The van der Waals surface area contributed by atoms with Gasteiger partial charge < -0.3 is 14.4 Å². The maximum atomic E-state index is 13.6. The molecule has 1 unspecified atom stereocenters. The lowest BCUT2D eigenvalue weighted by Crippen LogP contribution is -2.31. The number of hydrogen-bond acceptors (Lipinski definition) is 4. The summed E-state index contributed by atoms with van der Waals surface area (Å²) in [5.41, 5.74) is 2.00. The number of rotatable bonds is 13.